The van der Waals surface area contributed by atoms with Crippen molar-refractivity contribution in [3.05, 3.63) is 93.6 Å². The summed E-state index contributed by atoms with van der Waals surface area (Å²) < 4.78 is 6.99. The molecule has 0 saturated carbocycles. The van der Waals surface area contributed by atoms with Crippen LogP contribution in [0.25, 0.3) is 10.2 Å². The molecule has 6 nitrogen and oxygen atoms in total. The number of aromatic nitrogens is 1. The van der Waals surface area contributed by atoms with Crippen molar-refractivity contribution in [2.45, 2.75) is 19.4 Å². The molecule has 32 heavy (non-hydrogen) atoms. The van der Waals surface area contributed by atoms with Gasteiger partial charge in [-0.05, 0) is 53.9 Å². The molecular weight excluding hydrogens is 492 g/mol. The van der Waals surface area contributed by atoms with Crippen molar-refractivity contribution in [3.63, 3.8) is 0 Å². The van der Waals surface area contributed by atoms with Crippen LogP contribution < -0.4 is 4.90 Å². The van der Waals surface area contributed by atoms with E-state index < -0.39 is 23.5 Å². The largest absolute Gasteiger partial charge is 0.503 e. The van der Waals surface area contributed by atoms with Crippen LogP contribution in [0.5, 0.6) is 0 Å². The zero-order valence-electron chi connectivity index (χ0n) is 16.9. The molecule has 3 heterocycles. The number of furan rings is 1. The summed E-state index contributed by atoms with van der Waals surface area (Å²) >= 11 is 4.81. The number of carbonyl (C=O) groups excluding carboxylic acids is 2. The van der Waals surface area contributed by atoms with Crippen LogP contribution in [-0.2, 0) is 11.2 Å². The maximum atomic E-state index is 13.2. The van der Waals surface area contributed by atoms with Crippen LogP contribution >= 0.6 is 27.3 Å². The summed E-state index contributed by atoms with van der Waals surface area (Å²) in [5, 5.41) is 11.2. The quantitative estimate of drug-likeness (QED) is 0.334. The van der Waals surface area contributed by atoms with E-state index in [0.717, 1.165) is 21.1 Å². The van der Waals surface area contributed by atoms with Crippen molar-refractivity contribution in [3.8, 4) is 0 Å². The first-order chi connectivity index (χ1) is 15.5. The number of hydrogen-bond donors (Lipinski definition) is 1. The van der Waals surface area contributed by atoms with Crippen molar-refractivity contribution in [2.24, 2.45) is 0 Å². The summed E-state index contributed by atoms with van der Waals surface area (Å²) in [5.74, 6) is -1.75. The Balaban J connectivity index is 1.68. The molecule has 4 aromatic rings. The number of ketones is 1. The molecular formula is C24H17BrN2O4S. The van der Waals surface area contributed by atoms with E-state index >= 15 is 0 Å². The van der Waals surface area contributed by atoms with Gasteiger partial charge in [0.2, 0.25) is 5.78 Å². The SMILES string of the molecule is CCc1ccc2nc(N3C(=O)C(O)=C(C(=O)c4ccco4)C3c3cccc(Br)c3)sc2c1. The molecule has 0 fully saturated rings. The van der Waals surface area contributed by atoms with Gasteiger partial charge in [0, 0.05) is 4.47 Å². The average Bonchev–Trinajstić information content (AvgIpc) is 3.51. The van der Waals surface area contributed by atoms with Crippen LogP contribution in [0.4, 0.5) is 5.13 Å². The number of hydrogen-bond acceptors (Lipinski definition) is 6. The van der Waals surface area contributed by atoms with Gasteiger partial charge in [0.1, 0.15) is 0 Å². The molecule has 1 aliphatic rings. The number of nitrogens with zero attached hydrogens (tertiary/aromatic N) is 2. The zero-order valence-corrected chi connectivity index (χ0v) is 19.3. The first-order valence-corrected chi connectivity index (χ1v) is 11.6. The molecule has 1 unspecified atom stereocenters. The summed E-state index contributed by atoms with van der Waals surface area (Å²) in [6, 6.07) is 15.5. The lowest BCUT2D eigenvalue weighted by Gasteiger charge is -2.24. The van der Waals surface area contributed by atoms with E-state index in [1.165, 1.54) is 34.1 Å². The lowest BCUT2D eigenvalue weighted by atomic mass is 9.95. The number of Topliss-reactive ketones (excluding diaryl/α,β-unsaturated/α-hetero) is 1. The molecule has 1 amide bonds. The van der Waals surface area contributed by atoms with Gasteiger partial charge in [-0.2, -0.15) is 0 Å². The summed E-state index contributed by atoms with van der Waals surface area (Å²) in [6.45, 7) is 2.07. The Labute approximate surface area is 195 Å². The van der Waals surface area contributed by atoms with Crippen molar-refractivity contribution >= 4 is 54.3 Å². The Kier molecular flexibility index (Phi) is 5.19. The van der Waals surface area contributed by atoms with Gasteiger partial charge < -0.3 is 9.52 Å². The number of aliphatic hydroxyl groups excluding tert-OH is 1. The van der Waals surface area contributed by atoms with Crippen LogP contribution in [0.2, 0.25) is 0 Å². The fourth-order valence-electron chi connectivity index (χ4n) is 3.85. The molecule has 1 N–H and O–H groups in total. The highest BCUT2D eigenvalue weighted by Gasteiger charge is 2.46. The second-order valence-corrected chi connectivity index (χ2v) is 9.28. The van der Waals surface area contributed by atoms with Gasteiger partial charge >= 0.3 is 0 Å². The van der Waals surface area contributed by atoms with Gasteiger partial charge in [-0.3, -0.25) is 14.5 Å². The molecule has 160 valence electrons. The normalized spacial score (nSPS) is 16.4. The van der Waals surface area contributed by atoms with Crippen molar-refractivity contribution < 1.29 is 19.1 Å². The number of thiazole rings is 1. The van der Waals surface area contributed by atoms with E-state index in [2.05, 4.69) is 27.8 Å². The molecule has 0 saturated heterocycles. The molecule has 1 aliphatic heterocycles. The molecule has 8 heteroatoms. The summed E-state index contributed by atoms with van der Waals surface area (Å²) in [5.41, 5.74) is 2.56. The fourth-order valence-corrected chi connectivity index (χ4v) is 5.32. The predicted molar refractivity (Wildman–Crippen MR) is 126 cm³/mol. The Bertz CT molecular complexity index is 1390. The second kappa shape index (κ2) is 8.03. The van der Waals surface area contributed by atoms with Crippen LogP contribution in [-0.4, -0.2) is 21.8 Å². The number of carbonyl (C=O) groups is 2. The number of fused-ring (bicyclic) bond motifs is 1. The molecule has 2 aromatic carbocycles. The van der Waals surface area contributed by atoms with Crippen LogP contribution in [0.15, 0.2) is 81.1 Å². The summed E-state index contributed by atoms with van der Waals surface area (Å²) in [7, 11) is 0. The summed E-state index contributed by atoms with van der Waals surface area (Å²) in [4.78, 5) is 32.5. The standard InChI is InChI=1S/C24H17BrN2O4S/c1-2-13-8-9-16-18(11-13)32-24(26-16)27-20(14-5-3-6-15(25)12-14)19(22(29)23(27)30)21(28)17-7-4-10-31-17/h3-12,20,29H,2H2,1H3. The second-order valence-electron chi connectivity index (χ2n) is 7.35. The first-order valence-electron chi connectivity index (χ1n) is 9.97. The lowest BCUT2D eigenvalue weighted by molar-refractivity contribution is -0.117. The number of halogens is 1. The average molecular weight is 509 g/mol. The Morgan fingerprint density at radius 3 is 2.78 bits per heavy atom. The number of aryl methyl sites for hydroxylation is 1. The zero-order chi connectivity index (χ0) is 22.4. The van der Waals surface area contributed by atoms with E-state index in [9.17, 15) is 14.7 Å². The predicted octanol–water partition coefficient (Wildman–Crippen LogP) is 6.00. The lowest BCUT2D eigenvalue weighted by Crippen LogP contribution is -2.30. The van der Waals surface area contributed by atoms with Crippen LogP contribution in [0.3, 0.4) is 0 Å². The maximum absolute atomic E-state index is 13.2. The van der Waals surface area contributed by atoms with Crippen LogP contribution in [0, 0.1) is 0 Å². The molecule has 0 spiro atoms. The number of benzene rings is 2. The number of rotatable bonds is 5. The van der Waals surface area contributed by atoms with E-state index in [1.807, 2.05) is 42.5 Å². The minimum Gasteiger partial charge on any atom is -0.503 e. The van der Waals surface area contributed by atoms with Gasteiger partial charge in [-0.25, -0.2) is 4.98 Å². The minimum absolute atomic E-state index is 0.0310. The highest BCUT2D eigenvalue weighted by atomic mass is 79.9. The van der Waals surface area contributed by atoms with Gasteiger partial charge in [-0.1, -0.05) is 52.4 Å². The third-order valence-corrected chi connectivity index (χ3v) is 6.93. The van der Waals surface area contributed by atoms with Crippen LogP contribution in [0.1, 0.15) is 34.6 Å². The number of aliphatic hydroxyl groups is 1. The fraction of sp³-hybridized carbons (Fsp3) is 0.125. The van der Waals surface area contributed by atoms with E-state index in [4.69, 9.17) is 4.42 Å². The Morgan fingerprint density at radius 2 is 2.06 bits per heavy atom. The smallest absolute Gasteiger partial charge is 0.296 e. The molecule has 5 rings (SSSR count). The monoisotopic (exact) mass is 508 g/mol. The molecule has 1 atom stereocenters. The van der Waals surface area contributed by atoms with Gasteiger partial charge in [0.15, 0.2) is 16.7 Å². The molecule has 0 aliphatic carbocycles. The number of amides is 1. The molecule has 2 aromatic heterocycles. The number of anilines is 1. The Hall–Kier alpha value is -3.23. The third-order valence-electron chi connectivity index (χ3n) is 5.42. The van der Waals surface area contributed by atoms with Crippen molar-refractivity contribution in [1.82, 2.24) is 4.98 Å². The highest BCUT2D eigenvalue weighted by Crippen LogP contribution is 2.44. The van der Waals surface area contributed by atoms with Gasteiger partial charge in [-0.15, -0.1) is 0 Å². The topological polar surface area (TPSA) is 83.6 Å². The van der Waals surface area contributed by atoms with Gasteiger partial charge in [0.25, 0.3) is 5.91 Å². The Morgan fingerprint density at radius 1 is 1.22 bits per heavy atom. The van der Waals surface area contributed by atoms with E-state index in [1.54, 1.807) is 6.07 Å². The van der Waals surface area contributed by atoms with Crippen molar-refractivity contribution in [2.75, 3.05) is 4.90 Å². The van der Waals surface area contributed by atoms with E-state index in [0.29, 0.717) is 10.7 Å². The van der Waals surface area contributed by atoms with E-state index in [-0.39, 0.29) is 11.3 Å². The first kappa shape index (κ1) is 20.7. The summed E-state index contributed by atoms with van der Waals surface area (Å²) in [6.07, 6.45) is 2.27. The highest BCUT2D eigenvalue weighted by molar-refractivity contribution is 9.10. The molecule has 0 bridgehead atoms. The van der Waals surface area contributed by atoms with Crippen molar-refractivity contribution in [1.29, 1.82) is 0 Å². The minimum atomic E-state index is -0.844. The maximum Gasteiger partial charge on any atom is 0.296 e. The van der Waals surface area contributed by atoms with Gasteiger partial charge in [0.05, 0.1) is 28.1 Å². The molecule has 0 radical (unpaired) electrons. The third kappa shape index (κ3) is 3.36.